The predicted molar refractivity (Wildman–Crippen MR) is 85.1 cm³/mol. The zero-order valence-electron chi connectivity index (χ0n) is 12.8. The van der Waals surface area contributed by atoms with E-state index in [1.165, 1.54) is 10.6 Å². The SMILES string of the molecule is CS(=O)(=O)N1CCC(NC(=O)Cn2nnc3ccccc32)CC1. The first-order valence-electron chi connectivity index (χ1n) is 7.46. The molecule has 1 aromatic carbocycles. The van der Waals surface area contributed by atoms with Gasteiger partial charge in [0.25, 0.3) is 0 Å². The van der Waals surface area contributed by atoms with Crippen LogP contribution < -0.4 is 5.32 Å². The molecule has 0 radical (unpaired) electrons. The van der Waals surface area contributed by atoms with Gasteiger partial charge < -0.3 is 5.32 Å². The number of hydrogen-bond acceptors (Lipinski definition) is 5. The summed E-state index contributed by atoms with van der Waals surface area (Å²) in [6.45, 7) is 0.985. The normalized spacial score (nSPS) is 17.4. The molecule has 0 saturated carbocycles. The molecule has 1 aromatic heterocycles. The number of nitrogens with one attached hydrogen (secondary N) is 1. The van der Waals surface area contributed by atoms with Crippen molar-refractivity contribution in [3.63, 3.8) is 0 Å². The number of carbonyl (C=O) groups excluding carboxylic acids is 1. The van der Waals surface area contributed by atoms with Gasteiger partial charge in [0.05, 0.1) is 11.8 Å². The summed E-state index contributed by atoms with van der Waals surface area (Å²) in [5, 5.41) is 11.0. The lowest BCUT2D eigenvalue weighted by Gasteiger charge is -2.30. The number of sulfonamides is 1. The van der Waals surface area contributed by atoms with Crippen molar-refractivity contribution in [1.82, 2.24) is 24.6 Å². The number of hydrogen-bond donors (Lipinski definition) is 1. The van der Waals surface area contributed by atoms with E-state index in [1.54, 1.807) is 4.68 Å². The summed E-state index contributed by atoms with van der Waals surface area (Å²) < 4.78 is 26.0. The summed E-state index contributed by atoms with van der Waals surface area (Å²) in [5.41, 5.74) is 1.57. The molecule has 3 rings (SSSR count). The third-order valence-electron chi connectivity index (χ3n) is 4.00. The van der Waals surface area contributed by atoms with E-state index in [9.17, 15) is 13.2 Å². The second-order valence-corrected chi connectivity index (χ2v) is 7.72. The van der Waals surface area contributed by atoms with Crippen molar-refractivity contribution < 1.29 is 13.2 Å². The molecule has 0 spiro atoms. The third kappa shape index (κ3) is 3.67. The second-order valence-electron chi connectivity index (χ2n) is 5.74. The van der Waals surface area contributed by atoms with Crippen LogP contribution in [0.1, 0.15) is 12.8 Å². The van der Waals surface area contributed by atoms with Crippen molar-refractivity contribution in [3.8, 4) is 0 Å². The quantitative estimate of drug-likeness (QED) is 0.845. The van der Waals surface area contributed by atoms with Crippen molar-refractivity contribution in [2.45, 2.75) is 25.4 Å². The molecule has 1 N–H and O–H groups in total. The average molecular weight is 337 g/mol. The highest BCUT2D eigenvalue weighted by Crippen LogP contribution is 2.13. The molecule has 1 saturated heterocycles. The number of nitrogens with zero attached hydrogens (tertiary/aromatic N) is 4. The summed E-state index contributed by atoms with van der Waals surface area (Å²) in [6, 6.07) is 7.46. The summed E-state index contributed by atoms with van der Waals surface area (Å²) in [6.07, 6.45) is 2.45. The van der Waals surface area contributed by atoms with Crippen molar-refractivity contribution in [1.29, 1.82) is 0 Å². The maximum absolute atomic E-state index is 12.2. The predicted octanol–water partition coefficient (Wildman–Crippen LogP) is -0.0285. The van der Waals surface area contributed by atoms with Gasteiger partial charge in [0, 0.05) is 19.1 Å². The molecule has 0 unspecified atom stereocenters. The van der Waals surface area contributed by atoms with Crippen molar-refractivity contribution in [3.05, 3.63) is 24.3 Å². The Balaban J connectivity index is 1.56. The number of fused-ring (bicyclic) bond motifs is 1. The first-order valence-corrected chi connectivity index (χ1v) is 9.31. The summed E-state index contributed by atoms with van der Waals surface area (Å²) in [5.74, 6) is -0.140. The largest absolute Gasteiger partial charge is 0.352 e. The third-order valence-corrected chi connectivity index (χ3v) is 5.30. The molecule has 23 heavy (non-hydrogen) atoms. The van der Waals surface area contributed by atoms with Gasteiger partial charge >= 0.3 is 0 Å². The van der Waals surface area contributed by atoms with Crippen LogP contribution in [-0.4, -0.2) is 59.0 Å². The molecule has 1 fully saturated rings. The molecule has 0 atom stereocenters. The Morgan fingerprint density at radius 1 is 1.30 bits per heavy atom. The van der Waals surface area contributed by atoms with Crippen molar-refractivity contribution in [2.75, 3.05) is 19.3 Å². The maximum Gasteiger partial charge on any atom is 0.242 e. The van der Waals surface area contributed by atoms with Crippen molar-refractivity contribution >= 4 is 27.0 Å². The zero-order valence-corrected chi connectivity index (χ0v) is 13.7. The summed E-state index contributed by atoms with van der Waals surface area (Å²) in [7, 11) is -3.14. The minimum Gasteiger partial charge on any atom is -0.352 e. The van der Waals surface area contributed by atoms with Gasteiger partial charge in [0.15, 0.2) is 0 Å². The number of para-hydroxylation sites is 1. The van der Waals surface area contributed by atoms with Gasteiger partial charge in [0.2, 0.25) is 15.9 Å². The van der Waals surface area contributed by atoms with E-state index >= 15 is 0 Å². The highest BCUT2D eigenvalue weighted by Gasteiger charge is 2.25. The Kier molecular flexibility index (Phi) is 4.31. The Labute approximate surface area is 134 Å². The number of piperidine rings is 1. The Morgan fingerprint density at radius 2 is 2.00 bits per heavy atom. The molecule has 0 aliphatic carbocycles. The Hall–Kier alpha value is -2.00. The van der Waals surface area contributed by atoms with Crippen LogP contribution in [0.5, 0.6) is 0 Å². The van der Waals surface area contributed by atoms with Crippen LogP contribution in [0.25, 0.3) is 11.0 Å². The lowest BCUT2D eigenvalue weighted by atomic mass is 10.1. The lowest BCUT2D eigenvalue weighted by Crippen LogP contribution is -2.46. The molecule has 1 aliphatic heterocycles. The molecular formula is C14H19N5O3S. The molecular weight excluding hydrogens is 318 g/mol. The average Bonchev–Trinajstić information content (AvgIpc) is 2.90. The maximum atomic E-state index is 12.2. The second kappa shape index (κ2) is 6.25. The van der Waals surface area contributed by atoms with Crippen LogP contribution in [0, 0.1) is 0 Å². The molecule has 2 aromatic rings. The first-order chi connectivity index (χ1) is 10.9. The van der Waals surface area contributed by atoms with Gasteiger partial charge in [-0.2, -0.15) is 0 Å². The molecule has 1 aliphatic rings. The Bertz CT molecular complexity index is 809. The van der Waals surface area contributed by atoms with Crippen molar-refractivity contribution in [2.24, 2.45) is 0 Å². The fraction of sp³-hybridized carbons (Fsp3) is 0.500. The van der Waals surface area contributed by atoms with Gasteiger partial charge in [0.1, 0.15) is 12.1 Å². The van der Waals surface area contributed by atoms with Gasteiger partial charge in [-0.05, 0) is 25.0 Å². The molecule has 1 amide bonds. The van der Waals surface area contributed by atoms with Gasteiger partial charge in [-0.15, -0.1) is 5.10 Å². The minimum atomic E-state index is -3.14. The van der Waals surface area contributed by atoms with E-state index in [4.69, 9.17) is 0 Å². The number of amides is 1. The van der Waals surface area contributed by atoms with E-state index in [0.29, 0.717) is 25.9 Å². The molecule has 2 heterocycles. The van der Waals surface area contributed by atoms with Gasteiger partial charge in [-0.25, -0.2) is 17.4 Å². The monoisotopic (exact) mass is 337 g/mol. The smallest absolute Gasteiger partial charge is 0.242 e. The minimum absolute atomic E-state index is 0.00437. The number of carbonyl (C=O) groups is 1. The summed E-state index contributed by atoms with van der Waals surface area (Å²) >= 11 is 0. The summed E-state index contributed by atoms with van der Waals surface area (Å²) in [4.78, 5) is 12.2. The van der Waals surface area contributed by atoms with E-state index in [1.807, 2.05) is 24.3 Å². The number of aromatic nitrogens is 3. The van der Waals surface area contributed by atoms with E-state index < -0.39 is 10.0 Å². The Morgan fingerprint density at radius 3 is 2.70 bits per heavy atom. The lowest BCUT2D eigenvalue weighted by molar-refractivity contribution is -0.122. The van der Waals surface area contributed by atoms with E-state index in [-0.39, 0.29) is 18.5 Å². The van der Waals surface area contributed by atoms with Gasteiger partial charge in [-0.1, -0.05) is 17.3 Å². The number of rotatable bonds is 4. The molecule has 0 bridgehead atoms. The first kappa shape index (κ1) is 15.9. The van der Waals surface area contributed by atoms with Crippen LogP contribution in [0.15, 0.2) is 24.3 Å². The fourth-order valence-electron chi connectivity index (χ4n) is 2.78. The standard InChI is InChI=1S/C14H19N5O3S/c1-23(21,22)18-8-6-11(7-9-18)15-14(20)10-19-13-5-3-2-4-12(13)16-17-19/h2-5,11H,6-10H2,1H3,(H,15,20). The highest BCUT2D eigenvalue weighted by molar-refractivity contribution is 7.88. The van der Waals surface area contributed by atoms with Crippen LogP contribution in [-0.2, 0) is 21.4 Å². The zero-order chi connectivity index (χ0) is 16.4. The fourth-order valence-corrected chi connectivity index (χ4v) is 3.65. The molecule has 8 nitrogen and oxygen atoms in total. The van der Waals surface area contributed by atoms with Crippen LogP contribution in [0.4, 0.5) is 0 Å². The molecule has 9 heteroatoms. The van der Waals surface area contributed by atoms with Crippen LogP contribution in [0.2, 0.25) is 0 Å². The van der Waals surface area contributed by atoms with E-state index in [2.05, 4.69) is 15.6 Å². The highest BCUT2D eigenvalue weighted by atomic mass is 32.2. The topological polar surface area (TPSA) is 97.2 Å². The van der Waals surface area contributed by atoms with Gasteiger partial charge in [-0.3, -0.25) is 4.79 Å². The van der Waals surface area contributed by atoms with Crippen LogP contribution in [0.3, 0.4) is 0 Å². The number of benzene rings is 1. The van der Waals surface area contributed by atoms with E-state index in [0.717, 1.165) is 11.0 Å². The molecule has 124 valence electrons. The van der Waals surface area contributed by atoms with Crippen LogP contribution >= 0.6 is 0 Å².